The lowest BCUT2D eigenvalue weighted by molar-refractivity contribution is 0.0918. The van der Waals surface area contributed by atoms with E-state index in [9.17, 15) is 9.90 Å². The Kier molecular flexibility index (Phi) is 6.38. The van der Waals surface area contributed by atoms with Gasteiger partial charge in [0.1, 0.15) is 22.8 Å². The Morgan fingerprint density at radius 1 is 1.00 bits per heavy atom. The zero-order valence-electron chi connectivity index (χ0n) is 21.5. The molecule has 8 heteroatoms. The number of amides is 1. The van der Waals surface area contributed by atoms with Crippen molar-refractivity contribution in [2.75, 3.05) is 20.8 Å². The first-order valence-electron chi connectivity index (χ1n) is 12.6. The van der Waals surface area contributed by atoms with Gasteiger partial charge in [0.2, 0.25) is 0 Å². The molecule has 39 heavy (non-hydrogen) atoms. The molecule has 1 unspecified atom stereocenters. The summed E-state index contributed by atoms with van der Waals surface area (Å²) in [6.45, 7) is -0.212. The van der Waals surface area contributed by atoms with E-state index < -0.39 is 6.04 Å². The largest absolute Gasteiger partial charge is 0.497 e. The number of aromatic nitrogens is 2. The highest BCUT2D eigenvalue weighted by molar-refractivity contribution is 6.07. The van der Waals surface area contributed by atoms with Crippen LogP contribution < -0.4 is 14.8 Å². The first-order valence-corrected chi connectivity index (χ1v) is 12.6. The van der Waals surface area contributed by atoms with Crippen molar-refractivity contribution in [3.63, 3.8) is 0 Å². The summed E-state index contributed by atoms with van der Waals surface area (Å²) < 4.78 is 16.8. The molecule has 1 atom stereocenters. The number of fused-ring (bicyclic) bond motifs is 3. The molecule has 0 radical (unpaired) electrons. The first kappa shape index (κ1) is 24.5. The van der Waals surface area contributed by atoms with Crippen LogP contribution in [0.25, 0.3) is 44.2 Å². The third-order valence-corrected chi connectivity index (χ3v) is 6.93. The summed E-state index contributed by atoms with van der Waals surface area (Å²) in [6.07, 6.45) is 2.39. The zero-order valence-corrected chi connectivity index (χ0v) is 21.5. The maximum absolute atomic E-state index is 13.7. The van der Waals surface area contributed by atoms with Gasteiger partial charge in [0, 0.05) is 27.9 Å². The molecule has 1 amide bonds. The minimum atomic E-state index is -0.493. The smallest absolute Gasteiger partial charge is 0.252 e. The second kappa shape index (κ2) is 10.2. The molecule has 8 nitrogen and oxygen atoms in total. The summed E-state index contributed by atoms with van der Waals surface area (Å²) >= 11 is 0. The van der Waals surface area contributed by atoms with Crippen molar-refractivity contribution in [2.24, 2.45) is 0 Å². The SMILES string of the molecule is COc1ccc2oc(-c3cc(C(=O)NC(CO)Cc4c[nH]c5ccccc45)c4cc(OC)ccc4n3)cc2c1. The van der Waals surface area contributed by atoms with Gasteiger partial charge in [-0.3, -0.25) is 4.79 Å². The van der Waals surface area contributed by atoms with Crippen LogP contribution in [0.4, 0.5) is 0 Å². The third-order valence-electron chi connectivity index (χ3n) is 6.93. The quantitative estimate of drug-likeness (QED) is 0.245. The second-order valence-electron chi connectivity index (χ2n) is 9.37. The highest BCUT2D eigenvalue weighted by Gasteiger charge is 2.21. The molecular formula is C31H27N3O5. The number of aromatic amines is 1. The fourth-order valence-electron chi connectivity index (χ4n) is 4.91. The lowest BCUT2D eigenvalue weighted by atomic mass is 10.0. The molecule has 0 bridgehead atoms. The summed E-state index contributed by atoms with van der Waals surface area (Å²) in [6, 6.07) is 22.0. The van der Waals surface area contributed by atoms with E-state index in [1.807, 2.05) is 60.8 Å². The van der Waals surface area contributed by atoms with E-state index in [4.69, 9.17) is 18.9 Å². The molecule has 0 aliphatic heterocycles. The van der Waals surface area contributed by atoms with Crippen molar-refractivity contribution in [1.29, 1.82) is 0 Å². The van der Waals surface area contributed by atoms with Crippen LogP contribution in [0.15, 0.2) is 83.4 Å². The van der Waals surface area contributed by atoms with Crippen LogP contribution >= 0.6 is 0 Å². The highest BCUT2D eigenvalue weighted by atomic mass is 16.5. The molecule has 0 saturated carbocycles. The van der Waals surface area contributed by atoms with Gasteiger partial charge in [0.05, 0.1) is 37.9 Å². The molecule has 3 aromatic heterocycles. The van der Waals surface area contributed by atoms with Crippen LogP contribution in [0.5, 0.6) is 11.5 Å². The number of rotatable bonds is 8. The van der Waals surface area contributed by atoms with E-state index in [0.717, 1.165) is 27.6 Å². The Labute approximate surface area is 224 Å². The Morgan fingerprint density at radius 3 is 2.62 bits per heavy atom. The molecule has 6 rings (SSSR count). The van der Waals surface area contributed by atoms with Crippen LogP contribution in [0.1, 0.15) is 15.9 Å². The molecule has 3 N–H and O–H groups in total. The predicted molar refractivity (Wildman–Crippen MR) is 150 cm³/mol. The summed E-state index contributed by atoms with van der Waals surface area (Å²) in [4.78, 5) is 21.7. The predicted octanol–water partition coefficient (Wildman–Crippen LogP) is 5.48. The molecule has 0 aliphatic carbocycles. The number of furan rings is 1. The Bertz CT molecular complexity index is 1820. The standard InChI is InChI=1S/C31H27N3O5/c1-37-21-8-10-29-18(12-21)13-30(39-29)28-15-25(24-14-22(38-2)7-9-27(24)34-28)31(36)33-20(17-35)11-19-16-32-26-6-4-3-5-23(19)26/h3-10,12-16,20,32,35H,11,17H2,1-2H3,(H,33,36). The molecule has 3 heterocycles. The van der Waals surface area contributed by atoms with Crippen LogP contribution in [0, 0.1) is 0 Å². The number of para-hydroxylation sites is 1. The van der Waals surface area contributed by atoms with Crippen molar-refractivity contribution < 1.29 is 23.8 Å². The van der Waals surface area contributed by atoms with E-state index in [1.165, 1.54) is 0 Å². The molecule has 6 aromatic rings. The molecule has 196 valence electrons. The maximum Gasteiger partial charge on any atom is 0.252 e. The molecule has 0 aliphatic rings. The number of methoxy groups -OCH3 is 2. The number of aliphatic hydroxyl groups excluding tert-OH is 1. The fourth-order valence-corrected chi connectivity index (χ4v) is 4.91. The summed E-state index contributed by atoms with van der Waals surface area (Å²) in [5.41, 5.74) is 4.26. The van der Waals surface area contributed by atoms with E-state index in [-0.39, 0.29) is 12.5 Å². The number of aliphatic hydroxyl groups is 1. The van der Waals surface area contributed by atoms with Crippen LogP contribution in [0.3, 0.4) is 0 Å². The van der Waals surface area contributed by atoms with Gasteiger partial charge in [-0.15, -0.1) is 0 Å². The minimum Gasteiger partial charge on any atom is -0.497 e. The maximum atomic E-state index is 13.7. The molecule has 3 aromatic carbocycles. The highest BCUT2D eigenvalue weighted by Crippen LogP contribution is 2.32. The number of hydrogen-bond donors (Lipinski definition) is 3. The van der Waals surface area contributed by atoms with Gasteiger partial charge in [0.15, 0.2) is 5.76 Å². The summed E-state index contributed by atoms with van der Waals surface area (Å²) in [5.74, 6) is 1.54. The first-order chi connectivity index (χ1) is 19.1. The number of benzene rings is 3. The van der Waals surface area contributed by atoms with Gasteiger partial charge in [0.25, 0.3) is 5.91 Å². The third kappa shape index (κ3) is 4.66. The van der Waals surface area contributed by atoms with Crippen molar-refractivity contribution >= 4 is 38.7 Å². The number of nitrogens with one attached hydrogen (secondary N) is 2. The van der Waals surface area contributed by atoms with Crippen molar-refractivity contribution in [3.05, 3.63) is 90.1 Å². The normalized spacial score (nSPS) is 12.2. The van der Waals surface area contributed by atoms with Gasteiger partial charge in [-0.25, -0.2) is 4.98 Å². The average Bonchev–Trinajstić information content (AvgIpc) is 3.59. The number of H-pyrrole nitrogens is 1. The minimum absolute atomic E-state index is 0.212. The van der Waals surface area contributed by atoms with Crippen molar-refractivity contribution in [2.45, 2.75) is 12.5 Å². The Morgan fingerprint density at radius 2 is 1.79 bits per heavy atom. The Hall–Kier alpha value is -4.82. The van der Waals surface area contributed by atoms with Gasteiger partial charge < -0.3 is 29.3 Å². The van der Waals surface area contributed by atoms with E-state index in [0.29, 0.717) is 45.7 Å². The molecule has 0 saturated heterocycles. The van der Waals surface area contributed by atoms with E-state index >= 15 is 0 Å². The van der Waals surface area contributed by atoms with Crippen molar-refractivity contribution in [3.8, 4) is 23.0 Å². The lowest BCUT2D eigenvalue weighted by Crippen LogP contribution is -2.39. The Balaban J connectivity index is 1.38. The zero-order chi connectivity index (χ0) is 26.9. The number of pyridine rings is 1. The second-order valence-corrected chi connectivity index (χ2v) is 9.37. The summed E-state index contributed by atoms with van der Waals surface area (Å²) in [5, 5.41) is 15.7. The van der Waals surface area contributed by atoms with Gasteiger partial charge in [-0.1, -0.05) is 18.2 Å². The average molecular weight is 522 g/mol. The van der Waals surface area contributed by atoms with Gasteiger partial charge in [-0.05, 0) is 66.6 Å². The van der Waals surface area contributed by atoms with Crippen LogP contribution in [-0.4, -0.2) is 47.8 Å². The summed E-state index contributed by atoms with van der Waals surface area (Å²) in [7, 11) is 3.19. The van der Waals surface area contributed by atoms with Crippen LogP contribution in [0.2, 0.25) is 0 Å². The molecule has 0 spiro atoms. The molecular weight excluding hydrogens is 494 g/mol. The molecule has 0 fully saturated rings. The monoisotopic (exact) mass is 521 g/mol. The number of hydrogen-bond acceptors (Lipinski definition) is 6. The van der Waals surface area contributed by atoms with Crippen LogP contribution in [-0.2, 0) is 6.42 Å². The lowest BCUT2D eigenvalue weighted by Gasteiger charge is -2.17. The topological polar surface area (TPSA) is 110 Å². The van der Waals surface area contributed by atoms with E-state index in [2.05, 4.69) is 10.3 Å². The number of carbonyl (C=O) groups excluding carboxylic acids is 1. The number of carbonyl (C=O) groups is 1. The van der Waals surface area contributed by atoms with Crippen molar-refractivity contribution in [1.82, 2.24) is 15.3 Å². The van der Waals surface area contributed by atoms with Gasteiger partial charge >= 0.3 is 0 Å². The number of nitrogens with zero attached hydrogens (tertiary/aromatic N) is 1. The van der Waals surface area contributed by atoms with E-state index in [1.54, 1.807) is 32.4 Å². The van der Waals surface area contributed by atoms with Gasteiger partial charge in [-0.2, -0.15) is 0 Å². The number of ether oxygens (including phenoxy) is 2. The fraction of sp³-hybridized carbons (Fsp3) is 0.161.